The lowest BCUT2D eigenvalue weighted by Gasteiger charge is -2.30. The lowest BCUT2D eigenvalue weighted by atomic mass is 10.0. The zero-order valence-corrected chi connectivity index (χ0v) is 37.7. The van der Waals surface area contributed by atoms with E-state index in [0.717, 1.165) is 0 Å². The largest absolute Gasteiger partial charge is 0.481 e. The molecule has 3 rings (SSSR count). The third kappa shape index (κ3) is 21.1. The lowest BCUT2D eigenvalue weighted by Crippen LogP contribution is -2.58. The Hall–Kier alpha value is -6.93. The van der Waals surface area contributed by atoms with Gasteiger partial charge in [0.15, 0.2) is 5.96 Å². The van der Waals surface area contributed by atoms with Crippen molar-refractivity contribution >= 4 is 65.3 Å². The van der Waals surface area contributed by atoms with Gasteiger partial charge in [0, 0.05) is 65.2 Å². The van der Waals surface area contributed by atoms with Crippen LogP contribution < -0.4 is 43.4 Å². The SMILES string of the molecule is NC(N)=NCCCC1NC(=O)CNC(=O)C(CC(=O)O)NC(=O)C(Cc2ccccc2)NC(=O)C(CCCCNC(=O)CCC(C(=O)O)N2CCN(CC(=O)O)CCN(CC(=O)O)CC2)NC1=O. The Labute approximate surface area is 392 Å². The molecule has 376 valence electrons. The molecule has 26 heteroatoms. The van der Waals surface area contributed by atoms with Crippen molar-refractivity contribution in [1.29, 1.82) is 0 Å². The van der Waals surface area contributed by atoms with Crippen LogP contribution in [-0.4, -0.2) is 203 Å². The highest BCUT2D eigenvalue weighted by molar-refractivity contribution is 5.98. The maximum Gasteiger partial charge on any atom is 0.320 e. The Morgan fingerprint density at radius 1 is 0.676 bits per heavy atom. The average Bonchev–Trinajstić information content (AvgIpc) is 3.35. The van der Waals surface area contributed by atoms with E-state index in [1.807, 2.05) is 0 Å². The zero-order valence-electron chi connectivity index (χ0n) is 37.7. The van der Waals surface area contributed by atoms with Gasteiger partial charge in [-0.25, -0.2) is 0 Å². The van der Waals surface area contributed by atoms with Gasteiger partial charge in [0.25, 0.3) is 0 Å². The molecule has 14 N–H and O–H groups in total. The second-order valence-electron chi connectivity index (χ2n) is 16.4. The maximum absolute atomic E-state index is 14.1. The van der Waals surface area contributed by atoms with Gasteiger partial charge >= 0.3 is 23.9 Å². The number of hydrogen-bond acceptors (Lipinski definition) is 14. The predicted molar refractivity (Wildman–Crippen MR) is 240 cm³/mol. The number of guanidine groups is 1. The van der Waals surface area contributed by atoms with E-state index in [9.17, 15) is 68.4 Å². The van der Waals surface area contributed by atoms with E-state index in [1.54, 1.807) is 45.0 Å². The number of carboxylic acids is 4. The lowest BCUT2D eigenvalue weighted by molar-refractivity contribution is -0.145. The molecular formula is C42H64N12O14. The molecule has 68 heavy (non-hydrogen) atoms. The smallest absolute Gasteiger partial charge is 0.320 e. The van der Waals surface area contributed by atoms with Crippen molar-refractivity contribution in [3.8, 4) is 0 Å². The summed E-state index contributed by atoms with van der Waals surface area (Å²) in [6, 6.07) is 1.72. The highest BCUT2D eigenvalue weighted by Gasteiger charge is 2.34. The van der Waals surface area contributed by atoms with Crippen molar-refractivity contribution in [3.05, 3.63) is 35.9 Å². The second-order valence-corrected chi connectivity index (χ2v) is 16.4. The van der Waals surface area contributed by atoms with E-state index in [-0.39, 0.29) is 123 Å². The first-order valence-corrected chi connectivity index (χ1v) is 22.2. The van der Waals surface area contributed by atoms with Crippen LogP contribution in [0.15, 0.2) is 35.3 Å². The van der Waals surface area contributed by atoms with Crippen molar-refractivity contribution in [2.45, 2.75) is 88.0 Å². The molecule has 2 saturated heterocycles. The standard InChI is InChI=1S/C42H64N12O14/c43-42(44)46-14-6-10-27-38(64)49-28(39(65)50-29(21-26-7-2-1-3-8-26)40(66)51-30(22-34(57)58)37(63)47-23-33(56)48-27)9-4-5-13-45-32(55)12-11-31(41(67)68)54-19-17-52(24-35(59)60)15-16-53(18-20-54)25-36(61)62/h1-3,7-8,27-31H,4-6,9-25H2,(H,45,55)(H,47,63)(H,48,56)(H,49,64)(H,50,65)(H,51,66)(H,57,58)(H,59,60)(H,61,62)(H,67,68)(H4,43,44,46). The minimum absolute atomic E-state index is 0.0200. The van der Waals surface area contributed by atoms with Gasteiger partial charge in [-0.05, 0) is 44.1 Å². The first-order chi connectivity index (χ1) is 32.3. The van der Waals surface area contributed by atoms with E-state index < -0.39 is 102 Å². The Balaban J connectivity index is 1.76. The summed E-state index contributed by atoms with van der Waals surface area (Å²) in [6.07, 6.45) is -0.689. The molecule has 0 spiro atoms. The van der Waals surface area contributed by atoms with Crippen molar-refractivity contribution in [1.82, 2.24) is 46.6 Å². The number of unbranched alkanes of at least 4 members (excludes halogenated alkanes) is 1. The molecular weight excluding hydrogens is 897 g/mol. The molecule has 0 saturated carbocycles. The van der Waals surface area contributed by atoms with Crippen LogP contribution in [0.25, 0.3) is 0 Å². The van der Waals surface area contributed by atoms with Crippen LogP contribution in [0.2, 0.25) is 0 Å². The zero-order chi connectivity index (χ0) is 50.2. The van der Waals surface area contributed by atoms with E-state index >= 15 is 0 Å². The molecule has 6 amide bonds. The van der Waals surface area contributed by atoms with Gasteiger partial charge in [0.2, 0.25) is 35.4 Å². The molecule has 1 aromatic rings. The molecule has 5 unspecified atom stereocenters. The van der Waals surface area contributed by atoms with E-state index in [4.69, 9.17) is 11.5 Å². The molecule has 2 fully saturated rings. The molecule has 0 aromatic heterocycles. The monoisotopic (exact) mass is 960 g/mol. The van der Waals surface area contributed by atoms with Crippen molar-refractivity contribution in [3.63, 3.8) is 0 Å². The van der Waals surface area contributed by atoms with Crippen LogP contribution >= 0.6 is 0 Å². The minimum Gasteiger partial charge on any atom is -0.481 e. The number of carbonyl (C=O) groups excluding carboxylic acids is 6. The number of nitrogens with two attached hydrogens (primary N) is 2. The molecule has 0 radical (unpaired) electrons. The number of hydrogen-bond donors (Lipinski definition) is 12. The van der Waals surface area contributed by atoms with E-state index in [2.05, 4.69) is 36.9 Å². The first-order valence-electron chi connectivity index (χ1n) is 22.2. The van der Waals surface area contributed by atoms with Gasteiger partial charge in [0.1, 0.15) is 30.2 Å². The van der Waals surface area contributed by atoms with Gasteiger partial charge in [-0.1, -0.05) is 30.3 Å². The van der Waals surface area contributed by atoms with E-state index in [0.29, 0.717) is 5.56 Å². The third-order valence-electron chi connectivity index (χ3n) is 11.0. The van der Waals surface area contributed by atoms with Crippen molar-refractivity contribution in [2.24, 2.45) is 16.5 Å². The normalized spacial score (nSPS) is 21.3. The second kappa shape index (κ2) is 29.0. The molecule has 1 aromatic carbocycles. The minimum atomic E-state index is -1.65. The molecule has 2 aliphatic heterocycles. The van der Waals surface area contributed by atoms with Crippen LogP contribution in [0.4, 0.5) is 0 Å². The highest BCUT2D eigenvalue weighted by Crippen LogP contribution is 2.13. The number of nitrogens with one attached hydrogen (secondary N) is 6. The molecule has 0 aliphatic carbocycles. The Morgan fingerprint density at radius 2 is 1.22 bits per heavy atom. The maximum atomic E-state index is 14.1. The fourth-order valence-electron chi connectivity index (χ4n) is 7.53. The summed E-state index contributed by atoms with van der Waals surface area (Å²) in [5.41, 5.74) is 11.4. The Bertz CT molecular complexity index is 1930. The van der Waals surface area contributed by atoms with Crippen molar-refractivity contribution < 1.29 is 68.4 Å². The molecule has 26 nitrogen and oxygen atoms in total. The van der Waals surface area contributed by atoms with Gasteiger partial charge in [-0.3, -0.25) is 67.6 Å². The van der Waals surface area contributed by atoms with Crippen LogP contribution in [0, 0.1) is 0 Å². The summed E-state index contributed by atoms with van der Waals surface area (Å²) in [5.74, 6) is -9.90. The first kappa shape index (κ1) is 55.4. The summed E-state index contributed by atoms with van der Waals surface area (Å²) in [4.78, 5) is 137. The molecule has 2 aliphatic rings. The van der Waals surface area contributed by atoms with Crippen LogP contribution in [0.1, 0.15) is 56.9 Å². The topological polar surface area (TPSA) is 398 Å². The number of amides is 6. The van der Waals surface area contributed by atoms with Crippen molar-refractivity contribution in [2.75, 3.05) is 72.0 Å². The fraction of sp³-hybridized carbons (Fsp3) is 0.595. The van der Waals surface area contributed by atoms with Crippen LogP contribution in [0.3, 0.4) is 0 Å². The van der Waals surface area contributed by atoms with Gasteiger partial charge in [-0.2, -0.15) is 0 Å². The summed E-state index contributed by atoms with van der Waals surface area (Å²) in [5, 5.41) is 53.6. The van der Waals surface area contributed by atoms with Crippen LogP contribution in [-0.2, 0) is 54.4 Å². The Kier molecular flexibility index (Phi) is 23.6. The number of carboxylic acid groups (broad SMARTS) is 4. The fourth-order valence-corrected chi connectivity index (χ4v) is 7.53. The molecule has 0 bridgehead atoms. The number of aliphatic imine (C=N–C) groups is 1. The quantitative estimate of drug-likeness (QED) is 0.0296. The highest BCUT2D eigenvalue weighted by atomic mass is 16.4. The van der Waals surface area contributed by atoms with E-state index in [1.165, 1.54) is 0 Å². The predicted octanol–water partition coefficient (Wildman–Crippen LogP) is -4.56. The van der Waals surface area contributed by atoms with Gasteiger partial charge in [-0.15, -0.1) is 0 Å². The summed E-state index contributed by atoms with van der Waals surface area (Å²) >= 11 is 0. The molecule has 2 heterocycles. The number of nitrogens with zero attached hydrogens (tertiary/aromatic N) is 4. The number of aliphatic carboxylic acids is 4. The number of benzene rings is 1. The molecule has 5 atom stereocenters. The third-order valence-corrected chi connectivity index (χ3v) is 11.0. The summed E-state index contributed by atoms with van der Waals surface area (Å²) < 4.78 is 0. The summed E-state index contributed by atoms with van der Waals surface area (Å²) in [7, 11) is 0. The Morgan fingerprint density at radius 3 is 1.79 bits per heavy atom. The van der Waals surface area contributed by atoms with Crippen LogP contribution in [0.5, 0.6) is 0 Å². The average molecular weight is 961 g/mol. The van der Waals surface area contributed by atoms with Gasteiger partial charge < -0.3 is 63.8 Å². The van der Waals surface area contributed by atoms with Gasteiger partial charge in [0.05, 0.1) is 26.1 Å². The number of carbonyl (C=O) groups is 10. The number of rotatable bonds is 22. The summed E-state index contributed by atoms with van der Waals surface area (Å²) in [6.45, 7) is 0.0398.